The Morgan fingerprint density at radius 2 is 1.51 bits per heavy atom. The number of rotatable bonds is 2. The van der Waals surface area contributed by atoms with E-state index in [2.05, 4.69) is 71.3 Å². The van der Waals surface area contributed by atoms with Crippen molar-refractivity contribution >= 4 is 43.7 Å². The molecule has 2 atom stereocenters. The Hall–Kier alpha value is -6.04. The molecule has 0 bridgehead atoms. The lowest BCUT2D eigenvalue weighted by molar-refractivity contribution is 0.270. The highest BCUT2D eigenvalue weighted by Crippen LogP contribution is 2.48. The minimum Gasteiger partial charge on any atom is -0.484 e. The third-order valence-corrected chi connectivity index (χ3v) is 8.80. The SMILES string of the molecule is N#Cc1ccc2c3ccccc3n(-c3cccc4c3oc3c(C#N)cc(-c5cccc6c5OC5C=CC=CC65)cc34)c2c1. The maximum atomic E-state index is 10.3. The first-order chi connectivity index (χ1) is 21.2. The summed E-state index contributed by atoms with van der Waals surface area (Å²) in [7, 11) is 0. The van der Waals surface area contributed by atoms with Gasteiger partial charge in [0.1, 0.15) is 17.9 Å². The zero-order valence-electron chi connectivity index (χ0n) is 22.8. The number of nitriles is 2. The Kier molecular flexibility index (Phi) is 4.80. The molecule has 9 rings (SSSR count). The second-order valence-electron chi connectivity index (χ2n) is 11.1. The van der Waals surface area contributed by atoms with Crippen LogP contribution in [0.15, 0.2) is 120 Å². The average Bonchev–Trinajstić information content (AvgIpc) is 3.73. The molecular formula is C38H21N3O2. The number of benzene rings is 5. The van der Waals surface area contributed by atoms with Crippen LogP contribution in [0.5, 0.6) is 5.75 Å². The monoisotopic (exact) mass is 551 g/mol. The molecule has 5 heteroatoms. The lowest BCUT2D eigenvalue weighted by Crippen LogP contribution is -2.15. The smallest absolute Gasteiger partial charge is 0.159 e. The zero-order valence-corrected chi connectivity index (χ0v) is 22.8. The predicted molar refractivity (Wildman–Crippen MR) is 168 cm³/mol. The zero-order chi connectivity index (χ0) is 28.7. The van der Waals surface area contributed by atoms with Gasteiger partial charge in [0, 0.05) is 38.6 Å². The lowest BCUT2D eigenvalue weighted by atomic mass is 9.90. The van der Waals surface area contributed by atoms with E-state index in [1.807, 2.05) is 60.7 Å². The van der Waals surface area contributed by atoms with Crippen LogP contribution in [-0.2, 0) is 0 Å². The number of aromatic nitrogens is 1. The number of furan rings is 1. The highest BCUT2D eigenvalue weighted by molar-refractivity contribution is 6.14. The quantitative estimate of drug-likeness (QED) is 0.215. The van der Waals surface area contributed by atoms with Crippen molar-refractivity contribution in [3.05, 3.63) is 132 Å². The van der Waals surface area contributed by atoms with Gasteiger partial charge in [-0.05, 0) is 48.0 Å². The van der Waals surface area contributed by atoms with E-state index >= 15 is 0 Å². The number of allylic oxidation sites excluding steroid dienone is 2. The van der Waals surface area contributed by atoms with E-state index < -0.39 is 0 Å². The second-order valence-corrected chi connectivity index (χ2v) is 11.1. The van der Waals surface area contributed by atoms with Crippen molar-refractivity contribution in [3.63, 3.8) is 0 Å². The summed E-state index contributed by atoms with van der Waals surface area (Å²) in [6, 6.07) is 35.0. The summed E-state index contributed by atoms with van der Waals surface area (Å²) in [5, 5.41) is 23.9. The molecule has 3 heterocycles. The maximum Gasteiger partial charge on any atom is 0.159 e. The summed E-state index contributed by atoms with van der Waals surface area (Å²) in [5.41, 5.74) is 8.13. The van der Waals surface area contributed by atoms with Gasteiger partial charge in [-0.15, -0.1) is 0 Å². The Morgan fingerprint density at radius 3 is 2.42 bits per heavy atom. The fraction of sp³-hybridized carbons (Fsp3) is 0.0526. The molecule has 0 fully saturated rings. The van der Waals surface area contributed by atoms with Gasteiger partial charge in [0.2, 0.25) is 0 Å². The van der Waals surface area contributed by atoms with Crippen LogP contribution >= 0.6 is 0 Å². The summed E-state index contributed by atoms with van der Waals surface area (Å²) in [6.45, 7) is 0. The lowest BCUT2D eigenvalue weighted by Gasteiger charge is -2.14. The van der Waals surface area contributed by atoms with Gasteiger partial charge in [-0.25, -0.2) is 0 Å². The van der Waals surface area contributed by atoms with E-state index in [9.17, 15) is 10.5 Å². The molecule has 0 radical (unpaired) electrons. The molecule has 0 saturated heterocycles. The molecule has 2 aromatic heterocycles. The molecule has 43 heavy (non-hydrogen) atoms. The van der Waals surface area contributed by atoms with Crippen LogP contribution in [0.3, 0.4) is 0 Å². The minimum atomic E-state index is -0.0228. The summed E-state index contributed by atoms with van der Waals surface area (Å²) < 4.78 is 15.2. The molecule has 5 aromatic carbocycles. The first-order valence-corrected chi connectivity index (χ1v) is 14.2. The van der Waals surface area contributed by atoms with Gasteiger partial charge in [0.15, 0.2) is 11.2 Å². The first-order valence-electron chi connectivity index (χ1n) is 14.2. The van der Waals surface area contributed by atoms with Crippen molar-refractivity contribution in [2.45, 2.75) is 12.0 Å². The third kappa shape index (κ3) is 3.25. The van der Waals surface area contributed by atoms with E-state index in [0.29, 0.717) is 22.3 Å². The standard InChI is InChI=1S/C38H21N3O2/c39-20-22-15-16-27-26-7-1-3-12-32(26)41(34(27)17-22)33-13-6-11-30-31-19-23(18-24(21-40)36(31)43-38(30)33)25-9-5-10-29-28-8-2-4-14-35(28)42-37(25)29/h1-19,28,35H. The molecule has 1 aliphatic heterocycles. The number of hydrogen-bond donors (Lipinski definition) is 0. The number of hydrogen-bond acceptors (Lipinski definition) is 4. The van der Waals surface area contributed by atoms with Gasteiger partial charge in [-0.1, -0.05) is 72.8 Å². The van der Waals surface area contributed by atoms with E-state index in [0.717, 1.165) is 60.7 Å². The number of fused-ring (bicyclic) bond motifs is 9. The van der Waals surface area contributed by atoms with Gasteiger partial charge >= 0.3 is 0 Å². The highest BCUT2D eigenvalue weighted by atomic mass is 16.5. The highest BCUT2D eigenvalue weighted by Gasteiger charge is 2.34. The van der Waals surface area contributed by atoms with Crippen LogP contribution in [0.4, 0.5) is 0 Å². The van der Waals surface area contributed by atoms with Crippen molar-refractivity contribution in [3.8, 4) is 34.7 Å². The predicted octanol–water partition coefficient (Wildman–Crippen LogP) is 9.06. The first kappa shape index (κ1) is 23.6. The van der Waals surface area contributed by atoms with Gasteiger partial charge in [-0.2, -0.15) is 10.5 Å². The van der Waals surface area contributed by atoms with Crippen molar-refractivity contribution in [1.82, 2.24) is 4.57 Å². The molecule has 0 N–H and O–H groups in total. The summed E-state index contributed by atoms with van der Waals surface area (Å²) in [4.78, 5) is 0. The van der Waals surface area contributed by atoms with Crippen LogP contribution in [-0.4, -0.2) is 10.7 Å². The van der Waals surface area contributed by atoms with Crippen LogP contribution in [0, 0.1) is 22.7 Å². The number of nitrogens with zero attached hydrogens (tertiary/aromatic N) is 3. The van der Waals surface area contributed by atoms with E-state index in [-0.39, 0.29) is 12.0 Å². The molecule has 0 amide bonds. The average molecular weight is 552 g/mol. The van der Waals surface area contributed by atoms with Gasteiger partial charge in [-0.3, -0.25) is 0 Å². The topological polar surface area (TPSA) is 74.9 Å². The Labute approximate surface area is 246 Å². The second kappa shape index (κ2) is 8.73. The van der Waals surface area contributed by atoms with Crippen molar-refractivity contribution in [1.29, 1.82) is 10.5 Å². The third-order valence-electron chi connectivity index (χ3n) is 8.80. The molecule has 5 nitrogen and oxygen atoms in total. The molecule has 2 unspecified atom stereocenters. The van der Waals surface area contributed by atoms with E-state index in [4.69, 9.17) is 9.15 Å². The fourth-order valence-corrected chi connectivity index (χ4v) is 6.89. The van der Waals surface area contributed by atoms with Crippen molar-refractivity contribution in [2.24, 2.45) is 0 Å². The largest absolute Gasteiger partial charge is 0.484 e. The van der Waals surface area contributed by atoms with Gasteiger partial charge < -0.3 is 13.7 Å². The maximum absolute atomic E-state index is 10.3. The van der Waals surface area contributed by atoms with Gasteiger partial charge in [0.25, 0.3) is 0 Å². The van der Waals surface area contributed by atoms with E-state index in [1.54, 1.807) is 0 Å². The molecular weight excluding hydrogens is 530 g/mol. The summed E-state index contributed by atoms with van der Waals surface area (Å²) in [6.07, 6.45) is 8.35. The molecule has 200 valence electrons. The van der Waals surface area contributed by atoms with Crippen molar-refractivity contribution < 1.29 is 9.15 Å². The normalized spacial score (nSPS) is 16.8. The summed E-state index contributed by atoms with van der Waals surface area (Å²) in [5.74, 6) is 1.05. The number of para-hydroxylation sites is 3. The Morgan fingerprint density at radius 1 is 0.674 bits per heavy atom. The molecule has 0 saturated carbocycles. The number of ether oxygens (including phenoxy) is 1. The van der Waals surface area contributed by atoms with Crippen LogP contribution < -0.4 is 4.74 Å². The van der Waals surface area contributed by atoms with Crippen LogP contribution in [0.25, 0.3) is 60.6 Å². The molecule has 1 aliphatic carbocycles. The van der Waals surface area contributed by atoms with E-state index in [1.165, 1.54) is 0 Å². The minimum absolute atomic E-state index is 0.0228. The molecule has 0 spiro atoms. The Balaban J connectivity index is 1.31. The summed E-state index contributed by atoms with van der Waals surface area (Å²) >= 11 is 0. The van der Waals surface area contributed by atoms with Crippen LogP contribution in [0.2, 0.25) is 0 Å². The van der Waals surface area contributed by atoms with Gasteiger partial charge in [0.05, 0.1) is 33.9 Å². The molecule has 2 aliphatic rings. The van der Waals surface area contributed by atoms with Crippen LogP contribution in [0.1, 0.15) is 22.6 Å². The van der Waals surface area contributed by atoms with Crippen molar-refractivity contribution in [2.75, 3.05) is 0 Å². The fourth-order valence-electron chi connectivity index (χ4n) is 6.89. The Bertz CT molecular complexity index is 2480. The molecule has 7 aromatic rings.